The van der Waals surface area contributed by atoms with E-state index < -0.39 is 0 Å². The molecule has 4 nitrogen and oxygen atoms in total. The second-order valence-electron chi connectivity index (χ2n) is 6.54. The Morgan fingerprint density at radius 1 is 1.11 bits per heavy atom. The summed E-state index contributed by atoms with van der Waals surface area (Å²) in [6, 6.07) is 16.3. The fourth-order valence-electron chi connectivity index (χ4n) is 2.83. The van der Waals surface area contributed by atoms with Gasteiger partial charge in [-0.25, -0.2) is 4.39 Å². The summed E-state index contributed by atoms with van der Waals surface area (Å²) in [6.45, 7) is 3.77. The number of allylic oxidation sites excluding steroid dienone is 1. The fraction of sp³-hybridized carbons (Fsp3) is 0.174. The van der Waals surface area contributed by atoms with E-state index in [1.165, 1.54) is 12.1 Å². The van der Waals surface area contributed by atoms with Crippen molar-refractivity contribution in [2.45, 2.75) is 13.5 Å². The standard InChI is InChI=1S/C23H24FN3O/c1-17(25)12-20-4-2-3-5-23(20)28-11-10-26-14-18-13-21(16-27-15-18)19-6-8-22(24)9-7-19/h2-9,12-13,15-16,26H,10-11,14,25H2,1H3/b17-12-. The minimum atomic E-state index is -0.242. The highest BCUT2D eigenvalue weighted by atomic mass is 19.1. The van der Waals surface area contributed by atoms with Crippen LogP contribution in [-0.2, 0) is 6.54 Å². The average Bonchev–Trinajstić information content (AvgIpc) is 2.69. The van der Waals surface area contributed by atoms with Crippen LogP contribution in [0.4, 0.5) is 4.39 Å². The highest BCUT2D eigenvalue weighted by Gasteiger charge is 2.02. The van der Waals surface area contributed by atoms with Gasteiger partial charge in [-0.15, -0.1) is 0 Å². The number of benzene rings is 2. The lowest BCUT2D eigenvalue weighted by atomic mass is 10.1. The van der Waals surface area contributed by atoms with E-state index in [2.05, 4.69) is 16.4 Å². The number of hydrogen-bond acceptors (Lipinski definition) is 4. The topological polar surface area (TPSA) is 60.2 Å². The summed E-state index contributed by atoms with van der Waals surface area (Å²) in [7, 11) is 0. The van der Waals surface area contributed by atoms with E-state index in [1.807, 2.05) is 43.5 Å². The largest absolute Gasteiger partial charge is 0.492 e. The molecule has 0 amide bonds. The summed E-state index contributed by atoms with van der Waals surface area (Å²) in [5.41, 5.74) is 10.4. The first-order chi connectivity index (χ1) is 13.6. The van der Waals surface area contributed by atoms with Crippen LogP contribution in [0.5, 0.6) is 5.75 Å². The number of nitrogens with two attached hydrogens (primary N) is 1. The Morgan fingerprint density at radius 2 is 1.89 bits per heavy atom. The number of nitrogens with zero attached hydrogens (tertiary/aromatic N) is 1. The first-order valence-corrected chi connectivity index (χ1v) is 9.18. The van der Waals surface area contributed by atoms with Gasteiger partial charge in [0, 0.05) is 42.3 Å². The summed E-state index contributed by atoms with van der Waals surface area (Å²) in [5, 5.41) is 3.35. The van der Waals surface area contributed by atoms with E-state index in [0.29, 0.717) is 19.7 Å². The molecule has 1 aromatic heterocycles. The van der Waals surface area contributed by atoms with E-state index in [1.54, 1.807) is 18.3 Å². The van der Waals surface area contributed by atoms with Crippen molar-refractivity contribution in [3.05, 3.63) is 89.6 Å². The Kier molecular flexibility index (Phi) is 6.76. The molecule has 0 aliphatic heterocycles. The van der Waals surface area contributed by atoms with Crippen molar-refractivity contribution < 1.29 is 9.13 Å². The van der Waals surface area contributed by atoms with Crippen LogP contribution >= 0.6 is 0 Å². The molecular formula is C23H24FN3O. The van der Waals surface area contributed by atoms with Gasteiger partial charge in [0.1, 0.15) is 18.2 Å². The molecular weight excluding hydrogens is 353 g/mol. The van der Waals surface area contributed by atoms with Crippen LogP contribution in [0.2, 0.25) is 0 Å². The zero-order chi connectivity index (χ0) is 19.8. The lowest BCUT2D eigenvalue weighted by Gasteiger charge is -2.11. The highest BCUT2D eigenvalue weighted by Crippen LogP contribution is 2.21. The van der Waals surface area contributed by atoms with E-state index in [-0.39, 0.29) is 5.82 Å². The molecule has 0 saturated carbocycles. The number of halogens is 1. The molecule has 3 N–H and O–H groups in total. The molecule has 28 heavy (non-hydrogen) atoms. The maximum Gasteiger partial charge on any atom is 0.126 e. The summed E-state index contributed by atoms with van der Waals surface area (Å²) < 4.78 is 19.0. The van der Waals surface area contributed by atoms with Gasteiger partial charge in [0.05, 0.1) is 0 Å². The monoisotopic (exact) mass is 377 g/mol. The van der Waals surface area contributed by atoms with Crippen LogP contribution in [0.25, 0.3) is 17.2 Å². The van der Waals surface area contributed by atoms with Crippen molar-refractivity contribution in [3.8, 4) is 16.9 Å². The van der Waals surface area contributed by atoms with Gasteiger partial charge in [0.2, 0.25) is 0 Å². The Morgan fingerprint density at radius 3 is 2.68 bits per heavy atom. The fourth-order valence-corrected chi connectivity index (χ4v) is 2.83. The van der Waals surface area contributed by atoms with E-state index >= 15 is 0 Å². The number of para-hydroxylation sites is 1. The van der Waals surface area contributed by atoms with Crippen LogP contribution in [0.15, 0.2) is 72.7 Å². The van der Waals surface area contributed by atoms with Gasteiger partial charge < -0.3 is 15.8 Å². The molecule has 0 radical (unpaired) electrons. The third kappa shape index (κ3) is 5.66. The minimum absolute atomic E-state index is 0.242. The molecule has 2 aromatic carbocycles. The predicted molar refractivity (Wildman–Crippen MR) is 111 cm³/mol. The number of aromatic nitrogens is 1. The van der Waals surface area contributed by atoms with Crippen molar-refractivity contribution in [2.75, 3.05) is 13.2 Å². The third-order valence-corrected chi connectivity index (χ3v) is 4.14. The van der Waals surface area contributed by atoms with Crippen LogP contribution in [0.3, 0.4) is 0 Å². The summed E-state index contributed by atoms with van der Waals surface area (Å²) >= 11 is 0. The summed E-state index contributed by atoms with van der Waals surface area (Å²) in [5.74, 6) is 0.572. The first kappa shape index (κ1) is 19.6. The lowest BCUT2D eigenvalue weighted by molar-refractivity contribution is 0.313. The second-order valence-corrected chi connectivity index (χ2v) is 6.54. The molecule has 5 heteroatoms. The Balaban J connectivity index is 1.51. The SMILES string of the molecule is C/C(N)=C/c1ccccc1OCCNCc1cncc(-c2ccc(F)cc2)c1. The molecule has 0 aliphatic carbocycles. The molecule has 0 aliphatic rings. The van der Waals surface area contributed by atoms with Crippen molar-refractivity contribution in [1.29, 1.82) is 0 Å². The van der Waals surface area contributed by atoms with Crippen LogP contribution < -0.4 is 15.8 Å². The minimum Gasteiger partial charge on any atom is -0.492 e. The van der Waals surface area contributed by atoms with Crippen molar-refractivity contribution in [3.63, 3.8) is 0 Å². The lowest BCUT2D eigenvalue weighted by Crippen LogP contribution is -2.20. The average molecular weight is 377 g/mol. The van der Waals surface area contributed by atoms with Gasteiger partial charge in [-0.1, -0.05) is 30.3 Å². The van der Waals surface area contributed by atoms with E-state index in [4.69, 9.17) is 10.5 Å². The maximum atomic E-state index is 13.1. The van der Waals surface area contributed by atoms with Gasteiger partial charge in [0.25, 0.3) is 0 Å². The number of hydrogen-bond donors (Lipinski definition) is 2. The van der Waals surface area contributed by atoms with Crippen LogP contribution in [-0.4, -0.2) is 18.1 Å². The molecule has 0 unspecified atom stereocenters. The molecule has 0 spiro atoms. The quantitative estimate of drug-likeness (QED) is 0.572. The molecule has 3 aromatic rings. The molecule has 0 bridgehead atoms. The zero-order valence-electron chi connectivity index (χ0n) is 15.9. The smallest absolute Gasteiger partial charge is 0.126 e. The molecule has 3 rings (SSSR count). The second kappa shape index (κ2) is 9.67. The Labute approximate surface area is 164 Å². The number of rotatable bonds is 8. The van der Waals surface area contributed by atoms with Gasteiger partial charge in [-0.2, -0.15) is 0 Å². The summed E-state index contributed by atoms with van der Waals surface area (Å²) in [6.07, 6.45) is 5.50. The van der Waals surface area contributed by atoms with Crippen LogP contribution in [0.1, 0.15) is 18.1 Å². The molecule has 0 saturated heterocycles. The molecule has 1 heterocycles. The number of nitrogens with one attached hydrogen (secondary N) is 1. The number of ether oxygens (including phenoxy) is 1. The predicted octanol–water partition coefficient (Wildman–Crippen LogP) is 4.38. The van der Waals surface area contributed by atoms with Gasteiger partial charge in [0.15, 0.2) is 0 Å². The molecule has 0 atom stereocenters. The maximum absolute atomic E-state index is 13.1. The van der Waals surface area contributed by atoms with Gasteiger partial charge >= 0.3 is 0 Å². The summed E-state index contributed by atoms with van der Waals surface area (Å²) in [4.78, 5) is 4.29. The first-order valence-electron chi connectivity index (χ1n) is 9.18. The van der Waals surface area contributed by atoms with E-state index in [9.17, 15) is 4.39 Å². The van der Waals surface area contributed by atoms with Gasteiger partial charge in [-0.05, 0) is 48.4 Å². The zero-order valence-corrected chi connectivity index (χ0v) is 15.9. The van der Waals surface area contributed by atoms with Crippen molar-refractivity contribution >= 4 is 6.08 Å². The van der Waals surface area contributed by atoms with Crippen LogP contribution in [0, 0.1) is 5.82 Å². The normalized spacial score (nSPS) is 11.4. The molecule has 0 fully saturated rings. The Bertz CT molecular complexity index is 935. The third-order valence-electron chi connectivity index (χ3n) is 4.14. The number of pyridine rings is 1. The molecule has 144 valence electrons. The Hall–Kier alpha value is -3.18. The van der Waals surface area contributed by atoms with Crippen molar-refractivity contribution in [1.82, 2.24) is 10.3 Å². The van der Waals surface area contributed by atoms with E-state index in [0.717, 1.165) is 33.7 Å². The van der Waals surface area contributed by atoms with Crippen molar-refractivity contribution in [2.24, 2.45) is 5.73 Å². The van der Waals surface area contributed by atoms with Gasteiger partial charge in [-0.3, -0.25) is 4.98 Å². The highest BCUT2D eigenvalue weighted by molar-refractivity contribution is 5.63.